The summed E-state index contributed by atoms with van der Waals surface area (Å²) in [5.74, 6) is 0.862. The van der Waals surface area contributed by atoms with E-state index in [1.807, 2.05) is 0 Å². The average Bonchev–Trinajstić information content (AvgIpc) is 2.43. The van der Waals surface area contributed by atoms with Gasteiger partial charge in [0, 0.05) is 12.6 Å². The van der Waals surface area contributed by atoms with Crippen LogP contribution in [-0.2, 0) is 9.47 Å². The van der Waals surface area contributed by atoms with Gasteiger partial charge in [-0.1, -0.05) is 33.1 Å². The van der Waals surface area contributed by atoms with Crippen molar-refractivity contribution in [2.24, 2.45) is 5.92 Å². The predicted molar refractivity (Wildman–Crippen MR) is 80.6 cm³/mol. The Bertz CT molecular complexity index is 211. The van der Waals surface area contributed by atoms with Crippen LogP contribution in [0.3, 0.4) is 0 Å². The molecule has 3 heteroatoms. The molecule has 0 aromatic carbocycles. The summed E-state index contributed by atoms with van der Waals surface area (Å²) in [6.45, 7) is 6.82. The summed E-state index contributed by atoms with van der Waals surface area (Å²) in [5.41, 5.74) is 0. The number of ether oxygens (including phenoxy) is 2. The Hall–Kier alpha value is -0.120. The van der Waals surface area contributed by atoms with Gasteiger partial charge in [-0.3, -0.25) is 0 Å². The Morgan fingerprint density at radius 1 is 1.05 bits per heavy atom. The van der Waals surface area contributed by atoms with Crippen LogP contribution in [0, 0.1) is 5.92 Å². The van der Waals surface area contributed by atoms with Gasteiger partial charge in [0.05, 0.1) is 19.3 Å². The fourth-order valence-electron chi connectivity index (χ4n) is 3.00. The van der Waals surface area contributed by atoms with Gasteiger partial charge in [0.25, 0.3) is 0 Å². The first-order valence-corrected chi connectivity index (χ1v) is 8.18. The lowest BCUT2D eigenvalue weighted by atomic mass is 9.81. The Labute approximate surface area is 119 Å². The lowest BCUT2D eigenvalue weighted by Crippen LogP contribution is -2.44. The molecule has 114 valence electrons. The van der Waals surface area contributed by atoms with Gasteiger partial charge in [0.2, 0.25) is 0 Å². The van der Waals surface area contributed by atoms with E-state index in [1.54, 1.807) is 0 Å². The van der Waals surface area contributed by atoms with Crippen LogP contribution < -0.4 is 5.32 Å². The molecule has 0 heterocycles. The zero-order valence-corrected chi connectivity index (χ0v) is 13.1. The molecule has 0 aliphatic heterocycles. The molecule has 1 fully saturated rings. The van der Waals surface area contributed by atoms with Gasteiger partial charge in [-0.05, 0) is 38.6 Å². The van der Waals surface area contributed by atoms with E-state index in [0.717, 1.165) is 32.2 Å². The molecule has 0 saturated heterocycles. The zero-order chi connectivity index (χ0) is 13.9. The van der Waals surface area contributed by atoms with E-state index in [1.165, 1.54) is 38.5 Å². The molecule has 0 bridgehead atoms. The number of unbranched alkanes of at least 4 members (excludes halogenated alkanes) is 1. The molecule has 3 nitrogen and oxygen atoms in total. The quantitative estimate of drug-likeness (QED) is 0.618. The molecule has 1 rings (SSSR count). The van der Waals surface area contributed by atoms with E-state index < -0.39 is 0 Å². The summed E-state index contributed by atoms with van der Waals surface area (Å²) in [6.07, 6.45) is 9.20. The Kier molecular flexibility index (Phi) is 9.48. The molecule has 0 aromatic rings. The van der Waals surface area contributed by atoms with Crippen LogP contribution in [0.4, 0.5) is 0 Å². The number of likely N-dealkylation sites (N-methyl/N-ethyl adjacent to an activating group) is 1. The highest BCUT2D eigenvalue weighted by atomic mass is 16.5. The maximum atomic E-state index is 6.06. The van der Waals surface area contributed by atoms with Crippen LogP contribution in [0.1, 0.15) is 58.8 Å². The summed E-state index contributed by atoms with van der Waals surface area (Å²) >= 11 is 0. The maximum Gasteiger partial charge on any atom is 0.0731 e. The van der Waals surface area contributed by atoms with Crippen LogP contribution in [0.5, 0.6) is 0 Å². The molecule has 0 aromatic heterocycles. The van der Waals surface area contributed by atoms with Gasteiger partial charge in [0.1, 0.15) is 0 Å². The van der Waals surface area contributed by atoms with Gasteiger partial charge in [0.15, 0.2) is 0 Å². The monoisotopic (exact) mass is 271 g/mol. The van der Waals surface area contributed by atoms with E-state index in [2.05, 4.69) is 26.2 Å². The highest BCUT2D eigenvalue weighted by Crippen LogP contribution is 2.29. The second kappa shape index (κ2) is 10.6. The SMILES string of the molecule is CCCCOCCOC1CC(CCC)CCC1NC. The first-order valence-electron chi connectivity index (χ1n) is 8.18. The van der Waals surface area contributed by atoms with E-state index in [0.29, 0.717) is 12.1 Å². The summed E-state index contributed by atoms with van der Waals surface area (Å²) in [6, 6.07) is 0.531. The highest BCUT2D eigenvalue weighted by molar-refractivity contribution is 4.84. The minimum atomic E-state index is 0.380. The van der Waals surface area contributed by atoms with Crippen molar-refractivity contribution in [3.05, 3.63) is 0 Å². The fourth-order valence-corrected chi connectivity index (χ4v) is 3.00. The number of rotatable bonds is 10. The molecule has 1 aliphatic rings. The van der Waals surface area contributed by atoms with Crippen molar-refractivity contribution >= 4 is 0 Å². The largest absolute Gasteiger partial charge is 0.379 e. The van der Waals surface area contributed by atoms with E-state index in [9.17, 15) is 0 Å². The first-order chi connectivity index (χ1) is 9.31. The molecule has 0 radical (unpaired) electrons. The highest BCUT2D eigenvalue weighted by Gasteiger charge is 2.29. The predicted octanol–water partition coefficient (Wildman–Crippen LogP) is 3.38. The van der Waals surface area contributed by atoms with Crippen LogP contribution in [0.2, 0.25) is 0 Å². The van der Waals surface area contributed by atoms with Crippen LogP contribution in [0.15, 0.2) is 0 Å². The lowest BCUT2D eigenvalue weighted by molar-refractivity contribution is -0.0357. The van der Waals surface area contributed by atoms with E-state index in [4.69, 9.17) is 9.47 Å². The van der Waals surface area contributed by atoms with Crippen molar-refractivity contribution in [2.75, 3.05) is 26.9 Å². The summed E-state index contributed by atoms with van der Waals surface area (Å²) in [4.78, 5) is 0. The normalized spacial score (nSPS) is 27.6. The molecule has 1 saturated carbocycles. The third-order valence-electron chi connectivity index (χ3n) is 4.17. The zero-order valence-electron chi connectivity index (χ0n) is 13.1. The summed E-state index contributed by atoms with van der Waals surface area (Å²) in [5, 5.41) is 3.41. The number of hydrogen-bond donors (Lipinski definition) is 1. The van der Waals surface area contributed by atoms with Crippen LogP contribution in [-0.4, -0.2) is 39.0 Å². The minimum absolute atomic E-state index is 0.380. The number of hydrogen-bond acceptors (Lipinski definition) is 3. The van der Waals surface area contributed by atoms with Crippen molar-refractivity contribution in [3.63, 3.8) is 0 Å². The molecule has 0 spiro atoms. The van der Waals surface area contributed by atoms with Crippen molar-refractivity contribution in [3.8, 4) is 0 Å². The molecule has 1 aliphatic carbocycles. The Balaban J connectivity index is 2.19. The van der Waals surface area contributed by atoms with Gasteiger partial charge < -0.3 is 14.8 Å². The van der Waals surface area contributed by atoms with Crippen LogP contribution in [0.25, 0.3) is 0 Å². The molecule has 1 N–H and O–H groups in total. The molecular weight excluding hydrogens is 238 g/mol. The van der Waals surface area contributed by atoms with E-state index in [-0.39, 0.29) is 0 Å². The molecule has 0 amide bonds. The number of nitrogens with one attached hydrogen (secondary N) is 1. The summed E-state index contributed by atoms with van der Waals surface area (Å²) in [7, 11) is 2.05. The van der Waals surface area contributed by atoms with Gasteiger partial charge in [-0.15, -0.1) is 0 Å². The van der Waals surface area contributed by atoms with Crippen molar-refractivity contribution < 1.29 is 9.47 Å². The topological polar surface area (TPSA) is 30.5 Å². The van der Waals surface area contributed by atoms with E-state index >= 15 is 0 Å². The van der Waals surface area contributed by atoms with Gasteiger partial charge in [-0.25, -0.2) is 0 Å². The van der Waals surface area contributed by atoms with Gasteiger partial charge in [-0.2, -0.15) is 0 Å². The standard InChI is InChI=1S/C16H33NO2/c1-4-6-10-18-11-12-19-16-13-14(7-5-2)8-9-15(16)17-3/h14-17H,4-13H2,1-3H3. The Morgan fingerprint density at radius 2 is 1.89 bits per heavy atom. The Morgan fingerprint density at radius 3 is 2.58 bits per heavy atom. The smallest absolute Gasteiger partial charge is 0.0731 e. The molecule has 3 unspecified atom stereocenters. The van der Waals surface area contributed by atoms with Crippen molar-refractivity contribution in [1.82, 2.24) is 5.32 Å². The second-order valence-electron chi connectivity index (χ2n) is 5.74. The molecule has 3 atom stereocenters. The summed E-state index contributed by atoms with van der Waals surface area (Å²) < 4.78 is 11.6. The third-order valence-corrected chi connectivity index (χ3v) is 4.17. The maximum absolute atomic E-state index is 6.06. The lowest BCUT2D eigenvalue weighted by Gasteiger charge is -2.36. The third kappa shape index (κ3) is 6.73. The van der Waals surface area contributed by atoms with Crippen molar-refractivity contribution in [2.45, 2.75) is 70.9 Å². The minimum Gasteiger partial charge on any atom is -0.379 e. The average molecular weight is 271 g/mol. The second-order valence-corrected chi connectivity index (χ2v) is 5.74. The van der Waals surface area contributed by atoms with Crippen molar-refractivity contribution in [1.29, 1.82) is 0 Å². The first kappa shape index (κ1) is 16.9. The fraction of sp³-hybridized carbons (Fsp3) is 1.00. The van der Waals surface area contributed by atoms with Crippen LogP contribution >= 0.6 is 0 Å². The van der Waals surface area contributed by atoms with Gasteiger partial charge >= 0.3 is 0 Å². The molecule has 19 heavy (non-hydrogen) atoms. The molecular formula is C16H33NO2.